The third kappa shape index (κ3) is 4.81. The van der Waals surface area contributed by atoms with Gasteiger partial charge in [-0.15, -0.1) is 0 Å². The summed E-state index contributed by atoms with van der Waals surface area (Å²) in [6.07, 6.45) is 1.61. The monoisotopic (exact) mass is 333 g/mol. The van der Waals surface area contributed by atoms with E-state index in [2.05, 4.69) is 15.6 Å². The van der Waals surface area contributed by atoms with Crippen LogP contribution in [0.3, 0.4) is 0 Å². The van der Waals surface area contributed by atoms with Gasteiger partial charge in [0.05, 0.1) is 11.9 Å². The summed E-state index contributed by atoms with van der Waals surface area (Å²) in [4.78, 5) is 16.2. The molecule has 0 aliphatic rings. The molecule has 0 saturated heterocycles. The Morgan fingerprint density at radius 3 is 2.48 bits per heavy atom. The fourth-order valence-corrected chi connectivity index (χ4v) is 2.26. The topological polar surface area (TPSA) is 63.2 Å². The predicted octanol–water partition coefficient (Wildman–Crippen LogP) is 4.15. The highest BCUT2D eigenvalue weighted by atomic mass is 16.5. The number of hydrogen-bond acceptors (Lipinski definition) is 4. The molecule has 5 nitrogen and oxygen atoms in total. The second kappa shape index (κ2) is 7.97. The van der Waals surface area contributed by atoms with E-state index in [0.717, 1.165) is 11.3 Å². The molecule has 3 aromatic rings. The smallest absolute Gasteiger partial charge is 0.262 e. The van der Waals surface area contributed by atoms with E-state index in [1.807, 2.05) is 55.5 Å². The van der Waals surface area contributed by atoms with Crippen LogP contribution in [0.2, 0.25) is 0 Å². The lowest BCUT2D eigenvalue weighted by atomic mass is 10.2. The number of carbonyl (C=O) groups is 1. The minimum absolute atomic E-state index is 0.0484. The number of aromatic nitrogens is 1. The molecular formula is C20H19N3O2. The molecule has 1 amide bonds. The number of hydrogen-bond donors (Lipinski definition) is 2. The van der Waals surface area contributed by atoms with Crippen LogP contribution in [0.25, 0.3) is 0 Å². The van der Waals surface area contributed by atoms with Crippen LogP contribution in [-0.2, 0) is 4.79 Å². The third-order valence-electron chi connectivity index (χ3n) is 3.57. The first-order chi connectivity index (χ1) is 12.2. The molecule has 0 saturated carbocycles. The van der Waals surface area contributed by atoms with Gasteiger partial charge in [-0.25, -0.2) is 4.98 Å². The molecule has 0 fully saturated rings. The highest BCUT2D eigenvalue weighted by molar-refractivity contribution is 5.91. The summed E-state index contributed by atoms with van der Waals surface area (Å²) < 4.78 is 5.41. The van der Waals surface area contributed by atoms with Gasteiger partial charge in [0.25, 0.3) is 5.91 Å². The van der Waals surface area contributed by atoms with Gasteiger partial charge in [-0.05, 0) is 42.8 Å². The predicted molar refractivity (Wildman–Crippen MR) is 99.3 cm³/mol. The van der Waals surface area contributed by atoms with Crippen LogP contribution < -0.4 is 15.4 Å². The van der Waals surface area contributed by atoms with Crippen molar-refractivity contribution in [1.82, 2.24) is 4.98 Å². The number of ether oxygens (including phenoxy) is 1. The van der Waals surface area contributed by atoms with E-state index in [4.69, 9.17) is 4.74 Å². The highest BCUT2D eigenvalue weighted by Crippen LogP contribution is 2.19. The number of anilines is 3. The fourth-order valence-electron chi connectivity index (χ4n) is 2.26. The second-order valence-electron chi connectivity index (χ2n) is 5.52. The number of rotatable bonds is 6. The summed E-state index contributed by atoms with van der Waals surface area (Å²) in [6.45, 7) is 1.98. The van der Waals surface area contributed by atoms with Gasteiger partial charge in [0.1, 0.15) is 11.6 Å². The summed E-state index contributed by atoms with van der Waals surface area (Å²) in [7, 11) is 0. The van der Waals surface area contributed by atoms with Gasteiger partial charge >= 0.3 is 0 Å². The highest BCUT2D eigenvalue weighted by Gasteiger charge is 2.05. The van der Waals surface area contributed by atoms with E-state index in [0.29, 0.717) is 17.3 Å². The molecule has 25 heavy (non-hydrogen) atoms. The lowest BCUT2D eigenvalue weighted by Gasteiger charge is -2.10. The largest absolute Gasteiger partial charge is 0.484 e. The quantitative estimate of drug-likeness (QED) is 0.711. The molecular weight excluding hydrogens is 314 g/mol. The first kappa shape index (κ1) is 16.5. The van der Waals surface area contributed by atoms with Crippen molar-refractivity contribution in [2.45, 2.75) is 6.92 Å². The summed E-state index contributed by atoms with van der Waals surface area (Å²) in [5, 5.41) is 6.01. The van der Waals surface area contributed by atoms with Crippen LogP contribution in [0.5, 0.6) is 5.75 Å². The molecule has 0 unspecified atom stereocenters. The van der Waals surface area contributed by atoms with Crippen molar-refractivity contribution in [3.8, 4) is 5.75 Å². The minimum atomic E-state index is -0.231. The molecule has 2 N–H and O–H groups in total. The van der Waals surface area contributed by atoms with Gasteiger partial charge < -0.3 is 15.4 Å². The number of benzene rings is 2. The lowest BCUT2D eigenvalue weighted by molar-refractivity contribution is -0.118. The molecule has 0 atom stereocenters. The van der Waals surface area contributed by atoms with E-state index < -0.39 is 0 Å². The molecule has 1 heterocycles. The van der Waals surface area contributed by atoms with Crippen LogP contribution in [-0.4, -0.2) is 17.5 Å². The molecule has 3 rings (SSSR count). The van der Waals surface area contributed by atoms with Gasteiger partial charge in [0.2, 0.25) is 0 Å². The Morgan fingerprint density at radius 1 is 1.00 bits per heavy atom. The normalized spacial score (nSPS) is 10.1. The van der Waals surface area contributed by atoms with Crippen molar-refractivity contribution in [3.63, 3.8) is 0 Å². The summed E-state index contributed by atoms with van der Waals surface area (Å²) in [5.41, 5.74) is 2.76. The maximum atomic E-state index is 11.9. The van der Waals surface area contributed by atoms with Crippen LogP contribution in [0.4, 0.5) is 17.2 Å². The average molecular weight is 333 g/mol. The minimum Gasteiger partial charge on any atom is -0.484 e. The second-order valence-corrected chi connectivity index (χ2v) is 5.52. The first-order valence-electron chi connectivity index (χ1n) is 7.97. The number of aryl methyl sites for hydroxylation is 1. The molecule has 126 valence electrons. The number of pyridine rings is 1. The van der Waals surface area contributed by atoms with Gasteiger partial charge in [-0.1, -0.05) is 36.4 Å². The standard InChI is InChI=1S/C20H19N3O2/c1-15-7-5-6-10-18(15)23-19-12-11-16(13-21-19)22-20(24)14-25-17-8-3-2-4-9-17/h2-13H,14H2,1H3,(H,21,23)(H,22,24). The molecule has 0 spiro atoms. The van der Waals surface area contributed by atoms with Crippen molar-refractivity contribution in [2.24, 2.45) is 0 Å². The molecule has 0 aliphatic carbocycles. The molecule has 0 radical (unpaired) electrons. The number of carbonyl (C=O) groups excluding carboxylic acids is 1. The Kier molecular flexibility index (Phi) is 5.26. The number of amides is 1. The van der Waals surface area contributed by atoms with Crippen molar-refractivity contribution >= 4 is 23.1 Å². The Hall–Kier alpha value is -3.34. The van der Waals surface area contributed by atoms with Gasteiger partial charge in [-0.2, -0.15) is 0 Å². The number of nitrogens with zero attached hydrogens (tertiary/aromatic N) is 1. The van der Waals surface area contributed by atoms with Gasteiger partial charge in [0, 0.05) is 5.69 Å². The van der Waals surface area contributed by atoms with Crippen molar-refractivity contribution in [3.05, 3.63) is 78.5 Å². The Balaban J connectivity index is 1.53. The zero-order valence-electron chi connectivity index (χ0n) is 13.9. The maximum Gasteiger partial charge on any atom is 0.262 e. The summed E-state index contributed by atoms with van der Waals surface area (Å²) in [6, 6.07) is 20.8. The molecule has 1 aromatic heterocycles. The first-order valence-corrected chi connectivity index (χ1v) is 7.97. The molecule has 0 bridgehead atoms. The van der Waals surface area contributed by atoms with Crippen molar-refractivity contribution in [2.75, 3.05) is 17.2 Å². The van der Waals surface area contributed by atoms with E-state index in [9.17, 15) is 4.79 Å². The van der Waals surface area contributed by atoms with Crippen molar-refractivity contribution in [1.29, 1.82) is 0 Å². The molecule has 2 aromatic carbocycles. The third-order valence-corrected chi connectivity index (χ3v) is 3.57. The number of nitrogens with one attached hydrogen (secondary N) is 2. The Bertz CT molecular complexity index is 833. The van der Waals surface area contributed by atoms with Crippen molar-refractivity contribution < 1.29 is 9.53 Å². The van der Waals surface area contributed by atoms with Gasteiger partial charge in [-0.3, -0.25) is 4.79 Å². The lowest BCUT2D eigenvalue weighted by Crippen LogP contribution is -2.20. The average Bonchev–Trinajstić information content (AvgIpc) is 2.64. The van der Waals surface area contributed by atoms with Crippen LogP contribution in [0.1, 0.15) is 5.56 Å². The SMILES string of the molecule is Cc1ccccc1Nc1ccc(NC(=O)COc2ccccc2)cn1. The zero-order valence-corrected chi connectivity index (χ0v) is 13.9. The van der Waals surface area contributed by atoms with Crippen LogP contribution >= 0.6 is 0 Å². The number of para-hydroxylation sites is 2. The Morgan fingerprint density at radius 2 is 1.76 bits per heavy atom. The fraction of sp³-hybridized carbons (Fsp3) is 0.100. The maximum absolute atomic E-state index is 11.9. The molecule has 0 aliphatic heterocycles. The zero-order chi connectivity index (χ0) is 17.5. The van der Waals surface area contributed by atoms with Crippen LogP contribution in [0, 0.1) is 6.92 Å². The van der Waals surface area contributed by atoms with Gasteiger partial charge in [0.15, 0.2) is 6.61 Å². The van der Waals surface area contributed by atoms with E-state index in [1.54, 1.807) is 24.4 Å². The molecule has 5 heteroatoms. The summed E-state index contributed by atoms with van der Waals surface area (Å²) in [5.74, 6) is 1.15. The van der Waals surface area contributed by atoms with E-state index in [1.165, 1.54) is 0 Å². The van der Waals surface area contributed by atoms with E-state index in [-0.39, 0.29) is 12.5 Å². The van der Waals surface area contributed by atoms with Crippen LogP contribution in [0.15, 0.2) is 72.9 Å². The Labute approximate surface area is 146 Å². The van der Waals surface area contributed by atoms with E-state index >= 15 is 0 Å². The summed E-state index contributed by atoms with van der Waals surface area (Å²) >= 11 is 0.